The summed E-state index contributed by atoms with van der Waals surface area (Å²) < 4.78 is 0. The Morgan fingerprint density at radius 3 is 2.42 bits per heavy atom. The second kappa shape index (κ2) is 8.79. The smallest absolute Gasteiger partial charge is 0.00103 e. The molecule has 12 heavy (non-hydrogen) atoms. The predicted molar refractivity (Wildman–Crippen MR) is 56.4 cm³/mol. The highest BCUT2D eigenvalue weighted by molar-refractivity contribution is 4.65. The minimum Gasteiger partial charge on any atom is -0.315 e. The third-order valence-electron chi connectivity index (χ3n) is 1.89. The van der Waals surface area contributed by atoms with Gasteiger partial charge in [0.1, 0.15) is 0 Å². The lowest BCUT2D eigenvalue weighted by Crippen LogP contribution is -2.23. The molecule has 1 heteroatoms. The number of rotatable bonds is 8. The highest BCUT2D eigenvalue weighted by atomic mass is 14.9. The van der Waals surface area contributed by atoms with E-state index in [1.165, 1.54) is 38.6 Å². The van der Waals surface area contributed by atoms with Crippen molar-refractivity contribution in [1.82, 2.24) is 5.32 Å². The highest BCUT2D eigenvalue weighted by Crippen LogP contribution is 2.02. The monoisotopic (exact) mass is 169 g/mol. The second-order valence-corrected chi connectivity index (χ2v) is 3.60. The third kappa shape index (κ3) is 9.70. The molecule has 0 unspecified atom stereocenters. The Bertz CT molecular complexity index is 97.2. The number of hydrogen-bond donors (Lipinski definition) is 1. The molecule has 0 heterocycles. The first-order valence-corrected chi connectivity index (χ1v) is 5.11. The number of unbranched alkanes of at least 4 members (excludes halogenated alkanes) is 4. The molecule has 1 nitrogen and oxygen atoms in total. The van der Waals surface area contributed by atoms with Crippen molar-refractivity contribution >= 4 is 0 Å². The van der Waals surface area contributed by atoms with E-state index in [-0.39, 0.29) is 0 Å². The zero-order valence-electron chi connectivity index (χ0n) is 8.60. The first-order chi connectivity index (χ1) is 5.77. The average molecular weight is 169 g/mol. The summed E-state index contributed by atoms with van der Waals surface area (Å²) in [5.74, 6) is 0. The van der Waals surface area contributed by atoms with Crippen LogP contribution in [0.5, 0.6) is 0 Å². The Balaban J connectivity index is 2.86. The van der Waals surface area contributed by atoms with Gasteiger partial charge in [0.2, 0.25) is 0 Å². The Labute approximate surface area is 77.2 Å². The van der Waals surface area contributed by atoms with Crippen molar-refractivity contribution in [3.8, 4) is 0 Å². The van der Waals surface area contributed by atoms with Gasteiger partial charge in [-0.3, -0.25) is 0 Å². The van der Waals surface area contributed by atoms with Crippen LogP contribution in [0.4, 0.5) is 0 Å². The summed E-state index contributed by atoms with van der Waals surface area (Å²) in [4.78, 5) is 0. The first kappa shape index (κ1) is 11.7. The zero-order chi connectivity index (χ0) is 9.23. The van der Waals surface area contributed by atoms with Gasteiger partial charge in [-0.2, -0.15) is 0 Å². The van der Waals surface area contributed by atoms with Gasteiger partial charge in [0.25, 0.3) is 0 Å². The van der Waals surface area contributed by atoms with Crippen LogP contribution in [0.2, 0.25) is 0 Å². The molecule has 0 radical (unpaired) electrons. The van der Waals surface area contributed by atoms with Crippen molar-refractivity contribution in [2.45, 2.75) is 52.0 Å². The first-order valence-electron chi connectivity index (χ1n) is 5.11. The minimum absolute atomic E-state index is 0.637. The summed E-state index contributed by atoms with van der Waals surface area (Å²) in [6.07, 6.45) is 8.52. The fourth-order valence-corrected chi connectivity index (χ4v) is 1.16. The number of allylic oxidation sites excluding steroid dienone is 1. The lowest BCUT2D eigenvalue weighted by atomic mass is 10.1. The molecule has 0 aromatic heterocycles. The molecule has 72 valence electrons. The molecule has 0 aliphatic heterocycles. The number of nitrogens with one attached hydrogen (secondary N) is 1. The van der Waals surface area contributed by atoms with Crippen LogP contribution in [-0.4, -0.2) is 12.6 Å². The maximum absolute atomic E-state index is 3.71. The van der Waals surface area contributed by atoms with E-state index in [0.29, 0.717) is 6.04 Å². The molecule has 0 saturated heterocycles. The van der Waals surface area contributed by atoms with E-state index in [1.54, 1.807) is 0 Å². The summed E-state index contributed by atoms with van der Waals surface area (Å²) in [6, 6.07) is 0.637. The fraction of sp³-hybridized carbons (Fsp3) is 0.818. The van der Waals surface area contributed by atoms with E-state index in [4.69, 9.17) is 0 Å². The van der Waals surface area contributed by atoms with Crippen LogP contribution < -0.4 is 5.32 Å². The standard InChI is InChI=1S/C11H23N/c1-4-5-6-7-8-9-10-12-11(2)3/h4,11-12H,1,5-10H2,2-3H3. The summed E-state index contributed by atoms with van der Waals surface area (Å²) in [5, 5.41) is 3.42. The lowest BCUT2D eigenvalue weighted by molar-refractivity contribution is 0.543. The molecular formula is C11H23N. The molecule has 0 aromatic carbocycles. The van der Waals surface area contributed by atoms with Gasteiger partial charge in [0.05, 0.1) is 0 Å². The predicted octanol–water partition coefficient (Wildman–Crippen LogP) is 3.12. The molecule has 1 N–H and O–H groups in total. The van der Waals surface area contributed by atoms with Crippen LogP contribution in [0, 0.1) is 0 Å². The molecule has 0 amide bonds. The van der Waals surface area contributed by atoms with E-state index < -0.39 is 0 Å². The van der Waals surface area contributed by atoms with E-state index in [2.05, 4.69) is 25.7 Å². The van der Waals surface area contributed by atoms with Gasteiger partial charge in [-0.15, -0.1) is 6.58 Å². The van der Waals surface area contributed by atoms with Crippen LogP contribution >= 0.6 is 0 Å². The van der Waals surface area contributed by atoms with Crippen LogP contribution in [-0.2, 0) is 0 Å². The maximum Gasteiger partial charge on any atom is 0.00103 e. The van der Waals surface area contributed by atoms with Crippen molar-refractivity contribution in [3.05, 3.63) is 12.7 Å². The molecular weight excluding hydrogens is 146 g/mol. The van der Waals surface area contributed by atoms with Gasteiger partial charge in [0, 0.05) is 6.04 Å². The highest BCUT2D eigenvalue weighted by Gasteiger charge is 1.91. The molecule has 0 saturated carbocycles. The lowest BCUT2D eigenvalue weighted by Gasteiger charge is -2.06. The van der Waals surface area contributed by atoms with Crippen LogP contribution in [0.1, 0.15) is 46.0 Å². The summed E-state index contributed by atoms with van der Waals surface area (Å²) in [6.45, 7) is 9.26. The second-order valence-electron chi connectivity index (χ2n) is 3.60. The largest absolute Gasteiger partial charge is 0.315 e. The van der Waals surface area contributed by atoms with Crippen LogP contribution in [0.15, 0.2) is 12.7 Å². The zero-order valence-corrected chi connectivity index (χ0v) is 8.60. The molecule has 0 aromatic rings. The van der Waals surface area contributed by atoms with Crippen molar-refractivity contribution in [2.75, 3.05) is 6.54 Å². The summed E-state index contributed by atoms with van der Waals surface area (Å²) in [7, 11) is 0. The van der Waals surface area contributed by atoms with Gasteiger partial charge < -0.3 is 5.32 Å². The van der Waals surface area contributed by atoms with Crippen LogP contribution in [0.3, 0.4) is 0 Å². The van der Waals surface area contributed by atoms with Crippen LogP contribution in [0.25, 0.3) is 0 Å². The Morgan fingerprint density at radius 1 is 1.17 bits per heavy atom. The van der Waals surface area contributed by atoms with Crippen molar-refractivity contribution in [2.24, 2.45) is 0 Å². The molecule has 0 atom stereocenters. The molecule has 0 rings (SSSR count). The van der Waals surface area contributed by atoms with E-state index in [1.807, 2.05) is 6.08 Å². The van der Waals surface area contributed by atoms with Crippen molar-refractivity contribution in [3.63, 3.8) is 0 Å². The Hall–Kier alpha value is -0.300. The van der Waals surface area contributed by atoms with E-state index >= 15 is 0 Å². The average Bonchev–Trinajstić information content (AvgIpc) is 2.02. The quantitative estimate of drug-likeness (QED) is 0.435. The SMILES string of the molecule is C=CCCCCCCNC(C)C. The topological polar surface area (TPSA) is 12.0 Å². The van der Waals surface area contributed by atoms with E-state index in [0.717, 1.165) is 0 Å². The normalized spacial score (nSPS) is 10.6. The molecule has 0 fully saturated rings. The minimum atomic E-state index is 0.637. The Morgan fingerprint density at radius 2 is 1.83 bits per heavy atom. The van der Waals surface area contributed by atoms with Gasteiger partial charge in [-0.25, -0.2) is 0 Å². The molecule has 0 aliphatic carbocycles. The fourth-order valence-electron chi connectivity index (χ4n) is 1.16. The number of hydrogen-bond acceptors (Lipinski definition) is 1. The summed E-state index contributed by atoms with van der Waals surface area (Å²) in [5.41, 5.74) is 0. The van der Waals surface area contributed by atoms with Gasteiger partial charge in [-0.05, 0) is 25.8 Å². The third-order valence-corrected chi connectivity index (χ3v) is 1.89. The molecule has 0 spiro atoms. The van der Waals surface area contributed by atoms with Gasteiger partial charge in [-0.1, -0.05) is 32.8 Å². The van der Waals surface area contributed by atoms with Gasteiger partial charge in [0.15, 0.2) is 0 Å². The molecule has 0 aliphatic rings. The van der Waals surface area contributed by atoms with Gasteiger partial charge >= 0.3 is 0 Å². The molecule has 0 bridgehead atoms. The van der Waals surface area contributed by atoms with E-state index in [9.17, 15) is 0 Å². The van der Waals surface area contributed by atoms with Crippen molar-refractivity contribution in [1.29, 1.82) is 0 Å². The maximum atomic E-state index is 3.71. The summed E-state index contributed by atoms with van der Waals surface area (Å²) >= 11 is 0. The Kier molecular flexibility index (Phi) is 8.57. The van der Waals surface area contributed by atoms with Crippen molar-refractivity contribution < 1.29 is 0 Å².